The highest BCUT2D eigenvalue weighted by molar-refractivity contribution is 14.0. The molecule has 0 aromatic heterocycles. The van der Waals surface area contributed by atoms with Crippen molar-refractivity contribution in [1.82, 2.24) is 15.5 Å². The van der Waals surface area contributed by atoms with E-state index in [4.69, 9.17) is 9.47 Å². The summed E-state index contributed by atoms with van der Waals surface area (Å²) in [4.78, 5) is 18.3. The van der Waals surface area contributed by atoms with Crippen molar-refractivity contribution in [3.63, 3.8) is 0 Å². The SMILES string of the molecule is CCNC(=NCC(C)(C)OC)NCCN(CC)C(=O)OC(C)(C)C.I. The van der Waals surface area contributed by atoms with Crippen LogP contribution in [0.2, 0.25) is 0 Å². The van der Waals surface area contributed by atoms with Crippen molar-refractivity contribution in [2.24, 2.45) is 4.99 Å². The summed E-state index contributed by atoms with van der Waals surface area (Å²) in [6.45, 7) is 16.6. The van der Waals surface area contributed by atoms with Gasteiger partial charge in [-0.3, -0.25) is 4.99 Å². The van der Waals surface area contributed by atoms with E-state index in [2.05, 4.69) is 15.6 Å². The largest absolute Gasteiger partial charge is 0.444 e. The second-order valence-electron chi connectivity index (χ2n) is 7.15. The van der Waals surface area contributed by atoms with Crippen LogP contribution in [0.3, 0.4) is 0 Å². The number of hydrogen-bond donors (Lipinski definition) is 2. The lowest BCUT2D eigenvalue weighted by Gasteiger charge is -2.27. The van der Waals surface area contributed by atoms with E-state index in [-0.39, 0.29) is 35.7 Å². The molecule has 7 nitrogen and oxygen atoms in total. The van der Waals surface area contributed by atoms with Crippen LogP contribution in [0.5, 0.6) is 0 Å². The lowest BCUT2D eigenvalue weighted by Crippen LogP contribution is -2.44. The summed E-state index contributed by atoms with van der Waals surface area (Å²) in [5.74, 6) is 0.711. The average Bonchev–Trinajstić information content (AvgIpc) is 2.47. The molecule has 0 saturated heterocycles. The number of aliphatic imine (C=N–C) groups is 1. The zero-order chi connectivity index (χ0) is 18.8. The van der Waals surface area contributed by atoms with Crippen LogP contribution in [-0.2, 0) is 9.47 Å². The number of nitrogens with zero attached hydrogens (tertiary/aromatic N) is 2. The molecule has 0 saturated carbocycles. The van der Waals surface area contributed by atoms with E-state index in [9.17, 15) is 4.79 Å². The van der Waals surface area contributed by atoms with Gasteiger partial charge in [0, 0.05) is 33.3 Å². The molecule has 0 aliphatic heterocycles. The fourth-order valence-electron chi connectivity index (χ4n) is 1.69. The Labute approximate surface area is 170 Å². The van der Waals surface area contributed by atoms with Gasteiger partial charge in [-0.1, -0.05) is 0 Å². The van der Waals surface area contributed by atoms with Crippen LogP contribution in [-0.4, -0.2) is 68.0 Å². The Balaban J connectivity index is 0. The summed E-state index contributed by atoms with van der Waals surface area (Å²) in [5, 5.41) is 6.42. The van der Waals surface area contributed by atoms with Gasteiger partial charge in [-0.15, -0.1) is 24.0 Å². The number of carbonyl (C=O) groups excluding carboxylic acids is 1. The van der Waals surface area contributed by atoms with Crippen LogP contribution in [0.4, 0.5) is 4.79 Å². The monoisotopic (exact) mass is 472 g/mol. The third kappa shape index (κ3) is 13.1. The van der Waals surface area contributed by atoms with Crippen molar-refractivity contribution >= 4 is 36.0 Å². The number of likely N-dealkylation sites (N-methyl/N-ethyl adjacent to an activating group) is 1. The predicted octanol–water partition coefficient (Wildman–Crippen LogP) is 2.84. The van der Waals surface area contributed by atoms with Crippen molar-refractivity contribution in [2.45, 2.75) is 59.7 Å². The van der Waals surface area contributed by atoms with Crippen LogP contribution in [0.1, 0.15) is 48.5 Å². The smallest absolute Gasteiger partial charge is 0.410 e. The molecule has 0 aromatic carbocycles. The number of methoxy groups -OCH3 is 1. The second-order valence-corrected chi connectivity index (χ2v) is 7.15. The van der Waals surface area contributed by atoms with Gasteiger partial charge in [-0.05, 0) is 48.5 Å². The summed E-state index contributed by atoms with van der Waals surface area (Å²) in [6, 6.07) is 0. The number of hydrogen-bond acceptors (Lipinski definition) is 4. The summed E-state index contributed by atoms with van der Waals surface area (Å²) < 4.78 is 10.8. The van der Waals surface area contributed by atoms with Crippen molar-refractivity contribution in [2.75, 3.05) is 39.8 Å². The molecule has 0 aliphatic rings. The van der Waals surface area contributed by atoms with Gasteiger partial charge in [0.2, 0.25) is 0 Å². The van der Waals surface area contributed by atoms with E-state index in [1.165, 1.54) is 0 Å². The van der Waals surface area contributed by atoms with E-state index in [1.54, 1.807) is 12.0 Å². The highest BCUT2D eigenvalue weighted by Gasteiger charge is 2.21. The van der Waals surface area contributed by atoms with E-state index in [1.807, 2.05) is 48.5 Å². The Hall–Kier alpha value is -0.770. The molecule has 0 atom stereocenters. The molecule has 0 spiro atoms. The minimum Gasteiger partial charge on any atom is -0.444 e. The maximum Gasteiger partial charge on any atom is 0.410 e. The third-order valence-corrected chi connectivity index (χ3v) is 3.22. The molecule has 0 rings (SSSR count). The van der Waals surface area contributed by atoms with E-state index < -0.39 is 5.60 Å². The Morgan fingerprint density at radius 1 is 1.12 bits per heavy atom. The molecule has 2 N–H and O–H groups in total. The lowest BCUT2D eigenvalue weighted by molar-refractivity contribution is 0.0264. The number of amides is 1. The zero-order valence-electron chi connectivity index (χ0n) is 17.1. The van der Waals surface area contributed by atoms with Crippen molar-refractivity contribution < 1.29 is 14.3 Å². The molecular weight excluding hydrogens is 435 g/mol. The number of rotatable bonds is 8. The van der Waals surface area contributed by atoms with Crippen LogP contribution >= 0.6 is 24.0 Å². The fraction of sp³-hybridized carbons (Fsp3) is 0.882. The Bertz CT molecular complexity index is 409. The molecule has 0 aromatic rings. The van der Waals surface area contributed by atoms with E-state index in [0.717, 1.165) is 6.54 Å². The van der Waals surface area contributed by atoms with Crippen molar-refractivity contribution in [1.29, 1.82) is 0 Å². The van der Waals surface area contributed by atoms with E-state index in [0.29, 0.717) is 32.1 Å². The lowest BCUT2D eigenvalue weighted by atomic mass is 10.1. The van der Waals surface area contributed by atoms with Crippen LogP contribution in [0, 0.1) is 0 Å². The molecular formula is C17H37IN4O3. The minimum absolute atomic E-state index is 0. The quantitative estimate of drug-likeness (QED) is 0.323. The summed E-state index contributed by atoms with van der Waals surface area (Å²) in [5.41, 5.74) is -0.797. The molecule has 0 radical (unpaired) electrons. The predicted molar refractivity (Wildman–Crippen MR) is 114 cm³/mol. The molecule has 0 bridgehead atoms. The molecule has 0 heterocycles. The number of ether oxygens (including phenoxy) is 2. The highest BCUT2D eigenvalue weighted by atomic mass is 127. The van der Waals surface area contributed by atoms with Gasteiger partial charge in [0.1, 0.15) is 5.60 Å². The van der Waals surface area contributed by atoms with Crippen LogP contribution < -0.4 is 10.6 Å². The second kappa shape index (κ2) is 12.6. The van der Waals surface area contributed by atoms with Gasteiger partial charge in [-0.2, -0.15) is 0 Å². The number of nitrogens with one attached hydrogen (secondary N) is 2. The molecule has 1 amide bonds. The standard InChI is InChI=1S/C17H36N4O3.HI/c1-9-18-14(20-13-17(6,7)23-8)19-11-12-21(10-2)15(22)24-16(3,4)5;/h9-13H2,1-8H3,(H2,18,19,20);1H. The number of carbonyl (C=O) groups is 1. The topological polar surface area (TPSA) is 75.2 Å². The van der Waals surface area contributed by atoms with Crippen molar-refractivity contribution in [3.8, 4) is 0 Å². The normalized spacial score (nSPS) is 12.2. The first-order valence-corrected chi connectivity index (χ1v) is 8.60. The first-order chi connectivity index (χ1) is 11.0. The van der Waals surface area contributed by atoms with Crippen LogP contribution in [0.25, 0.3) is 0 Å². The first-order valence-electron chi connectivity index (χ1n) is 8.60. The van der Waals surface area contributed by atoms with Gasteiger partial charge in [0.15, 0.2) is 5.96 Å². The highest BCUT2D eigenvalue weighted by Crippen LogP contribution is 2.09. The Morgan fingerprint density at radius 2 is 1.72 bits per heavy atom. The third-order valence-electron chi connectivity index (χ3n) is 3.22. The minimum atomic E-state index is -0.486. The first kappa shape index (κ1) is 26.5. The fourth-order valence-corrected chi connectivity index (χ4v) is 1.69. The van der Waals surface area contributed by atoms with Crippen LogP contribution in [0.15, 0.2) is 4.99 Å². The average molecular weight is 472 g/mol. The summed E-state index contributed by atoms with van der Waals surface area (Å²) in [7, 11) is 1.68. The molecule has 0 unspecified atom stereocenters. The van der Waals surface area contributed by atoms with Gasteiger partial charge >= 0.3 is 6.09 Å². The number of halogens is 1. The molecule has 25 heavy (non-hydrogen) atoms. The van der Waals surface area contributed by atoms with Gasteiger partial charge in [-0.25, -0.2) is 4.79 Å². The molecule has 0 fully saturated rings. The molecule has 8 heteroatoms. The Kier molecular flexibility index (Phi) is 13.3. The maximum absolute atomic E-state index is 12.1. The Morgan fingerprint density at radius 3 is 2.16 bits per heavy atom. The number of guanidine groups is 1. The van der Waals surface area contributed by atoms with Gasteiger partial charge in [0.05, 0.1) is 12.1 Å². The molecule has 150 valence electrons. The van der Waals surface area contributed by atoms with Gasteiger partial charge < -0.3 is 25.0 Å². The zero-order valence-corrected chi connectivity index (χ0v) is 19.4. The van der Waals surface area contributed by atoms with Crippen molar-refractivity contribution in [3.05, 3.63) is 0 Å². The summed E-state index contributed by atoms with van der Waals surface area (Å²) >= 11 is 0. The molecule has 0 aliphatic carbocycles. The summed E-state index contributed by atoms with van der Waals surface area (Å²) in [6.07, 6.45) is -0.297. The van der Waals surface area contributed by atoms with E-state index >= 15 is 0 Å². The van der Waals surface area contributed by atoms with Gasteiger partial charge in [0.25, 0.3) is 0 Å². The maximum atomic E-state index is 12.1.